The number of aromatic amines is 1. The Kier molecular flexibility index (Phi) is 4.60. The van der Waals surface area contributed by atoms with Gasteiger partial charge in [-0.2, -0.15) is 0 Å². The number of hydrogen-bond donors (Lipinski definition) is 4. The third-order valence-electron chi connectivity index (χ3n) is 2.61. The molecule has 4 N–H and O–H groups in total. The molecule has 0 spiro atoms. The highest BCUT2D eigenvalue weighted by molar-refractivity contribution is 7.14. The van der Waals surface area contributed by atoms with Crippen molar-refractivity contribution in [2.24, 2.45) is 0 Å². The first-order valence-electron chi connectivity index (χ1n) is 6.73. The Morgan fingerprint density at radius 3 is 2.62 bits per heavy atom. The first kappa shape index (κ1) is 17.5. The highest BCUT2D eigenvalue weighted by atomic mass is 32.1. The first-order valence-corrected chi connectivity index (χ1v) is 7.61. The van der Waals surface area contributed by atoms with E-state index in [4.69, 9.17) is 9.84 Å². The van der Waals surface area contributed by atoms with E-state index in [0.717, 1.165) is 11.3 Å². The zero-order valence-electron chi connectivity index (χ0n) is 13.0. The minimum atomic E-state index is -1.54. The summed E-state index contributed by atoms with van der Waals surface area (Å²) < 4.78 is 5.13. The Bertz CT molecular complexity index is 849. The van der Waals surface area contributed by atoms with Crippen LogP contribution in [0.1, 0.15) is 31.3 Å². The Morgan fingerprint density at radius 1 is 1.38 bits per heavy atom. The quantitative estimate of drug-likeness (QED) is 0.663. The number of ether oxygens (including phenoxy) is 1. The van der Waals surface area contributed by atoms with Crippen LogP contribution in [-0.4, -0.2) is 37.8 Å². The van der Waals surface area contributed by atoms with Crippen LogP contribution in [0.2, 0.25) is 0 Å². The number of aromatic carboxylic acids is 1. The number of nitrogens with one attached hydrogen (secondary N) is 2. The van der Waals surface area contributed by atoms with Gasteiger partial charge in [0.2, 0.25) is 5.75 Å². The fraction of sp³-hybridized carbons (Fsp3) is 0.286. The number of nitrogens with zero attached hydrogens (tertiary/aromatic N) is 1. The molecule has 0 atom stereocenters. The van der Waals surface area contributed by atoms with Gasteiger partial charge in [-0.3, -0.25) is 10.1 Å². The summed E-state index contributed by atoms with van der Waals surface area (Å²) in [5.74, 6) is -2.61. The SMILES string of the molecule is CC(C)(C)OC(=O)Nc1ccsc1-c1nc(C(=O)O)c(O)c(=O)[nH]1. The van der Waals surface area contributed by atoms with Gasteiger partial charge in [-0.25, -0.2) is 14.6 Å². The van der Waals surface area contributed by atoms with E-state index in [1.165, 1.54) is 0 Å². The summed E-state index contributed by atoms with van der Waals surface area (Å²) in [6, 6.07) is 1.55. The van der Waals surface area contributed by atoms with Gasteiger partial charge in [-0.05, 0) is 32.2 Å². The van der Waals surface area contributed by atoms with Crippen LogP contribution in [0.15, 0.2) is 16.2 Å². The number of carboxylic acids is 1. The molecule has 128 valence electrons. The Morgan fingerprint density at radius 2 is 2.04 bits per heavy atom. The molecule has 0 bridgehead atoms. The monoisotopic (exact) mass is 353 g/mol. The molecule has 24 heavy (non-hydrogen) atoms. The van der Waals surface area contributed by atoms with Crippen molar-refractivity contribution in [3.05, 3.63) is 27.5 Å². The summed E-state index contributed by atoms with van der Waals surface area (Å²) in [7, 11) is 0. The summed E-state index contributed by atoms with van der Waals surface area (Å²) >= 11 is 1.12. The second-order valence-electron chi connectivity index (χ2n) is 5.71. The lowest BCUT2D eigenvalue weighted by atomic mass is 10.2. The lowest BCUT2D eigenvalue weighted by Crippen LogP contribution is -2.27. The molecule has 1 amide bonds. The van der Waals surface area contributed by atoms with Gasteiger partial charge >= 0.3 is 12.1 Å². The van der Waals surface area contributed by atoms with Crippen LogP contribution in [0.3, 0.4) is 0 Å². The molecule has 0 fully saturated rings. The number of aromatic nitrogens is 2. The molecule has 0 aliphatic carbocycles. The van der Waals surface area contributed by atoms with Crippen molar-refractivity contribution < 1.29 is 24.5 Å². The van der Waals surface area contributed by atoms with Crippen LogP contribution in [0, 0.1) is 0 Å². The minimum Gasteiger partial charge on any atom is -0.501 e. The van der Waals surface area contributed by atoms with Crippen LogP contribution < -0.4 is 10.9 Å². The van der Waals surface area contributed by atoms with Crippen molar-refractivity contribution in [3.63, 3.8) is 0 Å². The van der Waals surface area contributed by atoms with Gasteiger partial charge in [0.15, 0.2) is 11.5 Å². The fourth-order valence-electron chi connectivity index (χ4n) is 1.73. The van der Waals surface area contributed by atoms with Crippen molar-refractivity contribution in [3.8, 4) is 16.5 Å². The maximum atomic E-state index is 11.9. The largest absolute Gasteiger partial charge is 0.501 e. The van der Waals surface area contributed by atoms with Crippen LogP contribution >= 0.6 is 11.3 Å². The van der Waals surface area contributed by atoms with E-state index in [2.05, 4.69) is 15.3 Å². The van der Waals surface area contributed by atoms with E-state index >= 15 is 0 Å². The highest BCUT2D eigenvalue weighted by Gasteiger charge is 2.21. The number of rotatable bonds is 3. The highest BCUT2D eigenvalue weighted by Crippen LogP contribution is 2.32. The van der Waals surface area contributed by atoms with Crippen LogP contribution in [0.5, 0.6) is 5.75 Å². The average molecular weight is 353 g/mol. The third kappa shape index (κ3) is 3.90. The molecule has 9 nitrogen and oxygen atoms in total. The molecule has 2 heterocycles. The number of thiophene rings is 1. The van der Waals surface area contributed by atoms with Crippen molar-refractivity contribution in [1.29, 1.82) is 0 Å². The normalized spacial score (nSPS) is 11.1. The predicted molar refractivity (Wildman–Crippen MR) is 86.7 cm³/mol. The minimum absolute atomic E-state index is 0.0868. The lowest BCUT2D eigenvalue weighted by Gasteiger charge is -2.19. The van der Waals surface area contributed by atoms with Crippen LogP contribution in [0.4, 0.5) is 10.5 Å². The second kappa shape index (κ2) is 6.32. The molecular weight excluding hydrogens is 338 g/mol. The lowest BCUT2D eigenvalue weighted by molar-refractivity contribution is 0.0633. The summed E-state index contributed by atoms with van der Waals surface area (Å²) in [4.78, 5) is 40.9. The third-order valence-corrected chi connectivity index (χ3v) is 3.53. The van der Waals surface area contributed by atoms with Gasteiger partial charge in [-0.1, -0.05) is 0 Å². The topological polar surface area (TPSA) is 142 Å². The molecule has 0 saturated heterocycles. The van der Waals surface area contributed by atoms with Gasteiger partial charge in [-0.15, -0.1) is 11.3 Å². The molecule has 0 unspecified atom stereocenters. The molecule has 0 saturated carbocycles. The number of hydrogen-bond acceptors (Lipinski definition) is 7. The zero-order chi connectivity index (χ0) is 18.1. The molecule has 0 aromatic carbocycles. The Labute approximate surface area is 139 Å². The average Bonchev–Trinajstić information content (AvgIpc) is 2.87. The van der Waals surface area contributed by atoms with E-state index in [1.807, 2.05) is 0 Å². The van der Waals surface area contributed by atoms with E-state index in [0.29, 0.717) is 10.6 Å². The fourth-order valence-corrected chi connectivity index (χ4v) is 2.52. The molecule has 0 aliphatic rings. The smallest absolute Gasteiger partial charge is 0.412 e. The van der Waals surface area contributed by atoms with Gasteiger partial charge in [0.05, 0.1) is 10.6 Å². The number of aromatic hydroxyl groups is 1. The van der Waals surface area contributed by atoms with Crippen molar-refractivity contribution >= 4 is 29.1 Å². The van der Waals surface area contributed by atoms with E-state index in [9.17, 15) is 19.5 Å². The number of amides is 1. The van der Waals surface area contributed by atoms with E-state index < -0.39 is 34.7 Å². The van der Waals surface area contributed by atoms with Crippen LogP contribution in [-0.2, 0) is 4.74 Å². The maximum Gasteiger partial charge on any atom is 0.412 e. The Hall–Kier alpha value is -2.88. The van der Waals surface area contributed by atoms with Crippen molar-refractivity contribution in [2.75, 3.05) is 5.32 Å². The summed E-state index contributed by atoms with van der Waals surface area (Å²) in [6.45, 7) is 5.12. The van der Waals surface area contributed by atoms with Gasteiger partial charge in [0.25, 0.3) is 5.56 Å². The summed E-state index contributed by atoms with van der Waals surface area (Å²) in [5, 5.41) is 22.6. The second-order valence-corrected chi connectivity index (χ2v) is 6.62. The van der Waals surface area contributed by atoms with Crippen LogP contribution in [0.25, 0.3) is 10.7 Å². The van der Waals surface area contributed by atoms with Gasteiger partial charge < -0.3 is 19.9 Å². The number of carboxylic acid groups (broad SMARTS) is 1. The molecule has 2 rings (SSSR count). The number of carbonyl (C=O) groups is 2. The van der Waals surface area contributed by atoms with E-state index in [1.54, 1.807) is 32.2 Å². The number of anilines is 1. The summed E-state index contributed by atoms with van der Waals surface area (Å²) in [6.07, 6.45) is -0.707. The standard InChI is InChI=1S/C14H15N3O6S/c1-14(2,3)23-13(22)15-6-4-5-24-9(6)10-16-7(12(20)21)8(18)11(19)17-10/h4-5,18H,1-3H3,(H,15,22)(H,20,21)(H,16,17,19). The maximum absolute atomic E-state index is 11.9. The zero-order valence-corrected chi connectivity index (χ0v) is 13.9. The number of H-pyrrole nitrogens is 1. The molecule has 0 aliphatic heterocycles. The molecule has 2 aromatic rings. The molecule has 2 aromatic heterocycles. The van der Waals surface area contributed by atoms with E-state index in [-0.39, 0.29) is 5.82 Å². The summed E-state index contributed by atoms with van der Waals surface area (Å²) in [5.41, 5.74) is -2.17. The van der Waals surface area contributed by atoms with Gasteiger partial charge in [0.1, 0.15) is 5.60 Å². The molecule has 0 radical (unpaired) electrons. The molecule has 10 heteroatoms. The number of carbonyl (C=O) groups excluding carboxylic acids is 1. The molecular formula is C14H15N3O6S. The van der Waals surface area contributed by atoms with Crippen molar-refractivity contribution in [1.82, 2.24) is 9.97 Å². The first-order chi connectivity index (χ1) is 11.1. The van der Waals surface area contributed by atoms with Crippen molar-refractivity contribution in [2.45, 2.75) is 26.4 Å². The van der Waals surface area contributed by atoms with Gasteiger partial charge in [0, 0.05) is 0 Å². The Balaban J connectivity index is 2.39. The predicted octanol–water partition coefficient (Wildman–Crippen LogP) is 2.25.